The predicted molar refractivity (Wildman–Crippen MR) is 103 cm³/mol. The molecule has 6 heteroatoms. The smallest absolute Gasteiger partial charge is 0.255 e. The molecule has 4 rings (SSSR count). The molecule has 0 aliphatic carbocycles. The lowest BCUT2D eigenvalue weighted by Gasteiger charge is -2.37. The van der Waals surface area contributed by atoms with E-state index < -0.39 is 0 Å². The number of piperazine rings is 1. The van der Waals surface area contributed by atoms with E-state index >= 15 is 0 Å². The third-order valence-electron chi connectivity index (χ3n) is 5.23. The van der Waals surface area contributed by atoms with Crippen LogP contribution in [0, 0.1) is 0 Å². The average molecular weight is 371 g/mol. The molecule has 2 heterocycles. The van der Waals surface area contributed by atoms with E-state index in [0.29, 0.717) is 16.6 Å². The number of nitrogens with one attached hydrogen (secondary N) is 2. The maximum absolute atomic E-state index is 12.7. The molecule has 136 valence electrons. The minimum absolute atomic E-state index is 0.0231. The third kappa shape index (κ3) is 3.62. The summed E-state index contributed by atoms with van der Waals surface area (Å²) in [6.07, 6.45) is 1.31. The first-order valence-electron chi connectivity index (χ1n) is 9.06. The van der Waals surface area contributed by atoms with Gasteiger partial charge < -0.3 is 4.90 Å². The largest absolute Gasteiger partial charge is 0.336 e. The summed E-state index contributed by atoms with van der Waals surface area (Å²) in [5.74, 6) is 0.0231. The van der Waals surface area contributed by atoms with Crippen LogP contribution in [0.25, 0.3) is 0 Å². The fraction of sp³-hybridized carbons (Fsp3) is 0.350. The van der Waals surface area contributed by atoms with Crippen molar-refractivity contribution < 1.29 is 4.79 Å². The Morgan fingerprint density at radius 1 is 0.923 bits per heavy atom. The second-order valence-corrected chi connectivity index (χ2v) is 7.22. The lowest BCUT2D eigenvalue weighted by molar-refractivity contribution is 0.0545. The quantitative estimate of drug-likeness (QED) is 0.872. The van der Waals surface area contributed by atoms with Crippen LogP contribution in [-0.2, 0) is 0 Å². The van der Waals surface area contributed by atoms with E-state index in [9.17, 15) is 4.79 Å². The summed E-state index contributed by atoms with van der Waals surface area (Å²) in [4.78, 5) is 17.0. The molecule has 0 aromatic heterocycles. The van der Waals surface area contributed by atoms with Gasteiger partial charge in [-0.3, -0.25) is 9.69 Å². The number of hydrogen-bond donors (Lipinski definition) is 2. The third-order valence-corrected chi connectivity index (χ3v) is 5.56. The van der Waals surface area contributed by atoms with Crippen LogP contribution in [0.3, 0.4) is 0 Å². The normalized spacial score (nSPS) is 24.0. The van der Waals surface area contributed by atoms with Crippen molar-refractivity contribution in [2.75, 3.05) is 26.2 Å². The molecule has 26 heavy (non-hydrogen) atoms. The van der Waals surface area contributed by atoms with E-state index in [4.69, 9.17) is 11.6 Å². The fourth-order valence-corrected chi connectivity index (χ4v) is 3.94. The average Bonchev–Trinajstić information content (AvgIpc) is 3.19. The zero-order valence-electron chi connectivity index (χ0n) is 14.6. The first-order valence-corrected chi connectivity index (χ1v) is 9.44. The van der Waals surface area contributed by atoms with Crippen molar-refractivity contribution in [1.82, 2.24) is 20.7 Å². The van der Waals surface area contributed by atoms with E-state index in [-0.39, 0.29) is 12.1 Å². The Labute approximate surface area is 158 Å². The molecule has 0 saturated carbocycles. The number of amides is 1. The molecule has 2 aliphatic rings. The van der Waals surface area contributed by atoms with Crippen LogP contribution in [0.2, 0.25) is 5.02 Å². The van der Waals surface area contributed by atoms with Gasteiger partial charge in [0.2, 0.25) is 0 Å². The van der Waals surface area contributed by atoms with E-state index in [0.717, 1.165) is 32.6 Å². The van der Waals surface area contributed by atoms with Gasteiger partial charge in [-0.05, 0) is 24.1 Å². The first kappa shape index (κ1) is 17.5. The van der Waals surface area contributed by atoms with E-state index in [1.54, 1.807) is 12.1 Å². The molecule has 2 fully saturated rings. The number of carbonyl (C=O) groups is 1. The van der Waals surface area contributed by atoms with Gasteiger partial charge in [0.1, 0.15) is 0 Å². The minimum Gasteiger partial charge on any atom is -0.336 e. The van der Waals surface area contributed by atoms with Crippen LogP contribution >= 0.6 is 11.6 Å². The van der Waals surface area contributed by atoms with Crippen molar-refractivity contribution in [3.63, 3.8) is 0 Å². The van der Waals surface area contributed by atoms with Crippen LogP contribution in [0.4, 0.5) is 0 Å². The van der Waals surface area contributed by atoms with Crippen LogP contribution in [0.5, 0.6) is 0 Å². The zero-order valence-corrected chi connectivity index (χ0v) is 15.3. The zero-order chi connectivity index (χ0) is 17.9. The second kappa shape index (κ2) is 7.76. The van der Waals surface area contributed by atoms with Crippen molar-refractivity contribution in [2.24, 2.45) is 0 Å². The molecule has 0 bridgehead atoms. The Morgan fingerprint density at radius 3 is 2.35 bits per heavy atom. The highest BCUT2D eigenvalue weighted by molar-refractivity contribution is 6.33. The molecule has 2 saturated heterocycles. The molecule has 0 radical (unpaired) electrons. The summed E-state index contributed by atoms with van der Waals surface area (Å²) in [7, 11) is 0. The molecule has 2 aromatic rings. The van der Waals surface area contributed by atoms with Gasteiger partial charge in [0, 0.05) is 32.2 Å². The van der Waals surface area contributed by atoms with Crippen molar-refractivity contribution in [2.45, 2.75) is 18.6 Å². The highest BCUT2D eigenvalue weighted by Gasteiger charge is 2.32. The van der Waals surface area contributed by atoms with Gasteiger partial charge in [0.05, 0.1) is 16.8 Å². The number of benzene rings is 2. The molecule has 2 unspecified atom stereocenters. The maximum Gasteiger partial charge on any atom is 0.255 e. The van der Waals surface area contributed by atoms with Crippen molar-refractivity contribution in [3.05, 3.63) is 70.7 Å². The molecule has 0 spiro atoms. The van der Waals surface area contributed by atoms with Gasteiger partial charge in [-0.1, -0.05) is 54.1 Å². The molecule has 1 amide bonds. The number of rotatable bonds is 3. The van der Waals surface area contributed by atoms with Crippen molar-refractivity contribution in [1.29, 1.82) is 0 Å². The maximum atomic E-state index is 12.7. The highest BCUT2D eigenvalue weighted by Crippen LogP contribution is 2.25. The number of nitrogens with zero attached hydrogens (tertiary/aromatic N) is 2. The predicted octanol–water partition coefficient (Wildman–Crippen LogP) is 2.66. The summed E-state index contributed by atoms with van der Waals surface area (Å²) in [6, 6.07) is 18.1. The van der Waals surface area contributed by atoms with Gasteiger partial charge >= 0.3 is 0 Å². The lowest BCUT2D eigenvalue weighted by atomic mass is 10.0. The van der Waals surface area contributed by atoms with Crippen molar-refractivity contribution in [3.8, 4) is 0 Å². The molecule has 2 aromatic carbocycles. The Bertz CT molecular complexity index is 761. The molecule has 2 atom stereocenters. The van der Waals surface area contributed by atoms with Gasteiger partial charge in [0.15, 0.2) is 0 Å². The SMILES string of the molecule is O=C(c1ccccc1Cl)N1CCN(C2CC(c3ccccc3)NN2)CC1. The van der Waals surface area contributed by atoms with Crippen LogP contribution in [0.15, 0.2) is 54.6 Å². The molecule has 2 N–H and O–H groups in total. The van der Waals surface area contributed by atoms with Gasteiger partial charge in [-0.25, -0.2) is 10.9 Å². The summed E-state index contributed by atoms with van der Waals surface area (Å²) >= 11 is 6.17. The van der Waals surface area contributed by atoms with E-state index in [2.05, 4.69) is 40.0 Å². The number of halogens is 1. The number of hydrogen-bond acceptors (Lipinski definition) is 4. The molecule has 5 nitrogen and oxygen atoms in total. The van der Waals surface area contributed by atoms with Gasteiger partial charge in [-0.15, -0.1) is 0 Å². The molecular formula is C20H23ClN4O. The van der Waals surface area contributed by atoms with Crippen LogP contribution in [0.1, 0.15) is 28.4 Å². The summed E-state index contributed by atoms with van der Waals surface area (Å²) < 4.78 is 0. The summed E-state index contributed by atoms with van der Waals surface area (Å²) in [5.41, 5.74) is 8.70. The first-order chi connectivity index (χ1) is 12.7. The fourth-order valence-electron chi connectivity index (χ4n) is 3.72. The second-order valence-electron chi connectivity index (χ2n) is 6.81. The standard InChI is InChI=1S/C20H23ClN4O/c21-17-9-5-4-8-16(17)20(26)25-12-10-24(11-13-25)19-14-18(22-23-19)15-6-2-1-3-7-15/h1-9,18-19,22-23H,10-14H2. The number of hydrazine groups is 1. The summed E-state index contributed by atoms with van der Waals surface area (Å²) in [5, 5.41) is 0.521. The van der Waals surface area contributed by atoms with Crippen LogP contribution in [-0.4, -0.2) is 48.1 Å². The minimum atomic E-state index is 0.0231. The monoisotopic (exact) mass is 370 g/mol. The lowest BCUT2D eigenvalue weighted by Crippen LogP contribution is -2.55. The van der Waals surface area contributed by atoms with Crippen LogP contribution < -0.4 is 10.9 Å². The van der Waals surface area contributed by atoms with Gasteiger partial charge in [0.25, 0.3) is 5.91 Å². The Balaban J connectivity index is 1.33. The molecular weight excluding hydrogens is 348 g/mol. The van der Waals surface area contributed by atoms with Gasteiger partial charge in [-0.2, -0.15) is 0 Å². The molecule has 2 aliphatic heterocycles. The Kier molecular flexibility index (Phi) is 5.22. The topological polar surface area (TPSA) is 47.6 Å². The Hall–Kier alpha value is -1.92. The van der Waals surface area contributed by atoms with E-state index in [1.807, 2.05) is 23.1 Å². The number of carbonyl (C=O) groups excluding carboxylic acids is 1. The summed E-state index contributed by atoms with van der Waals surface area (Å²) in [6.45, 7) is 3.16. The van der Waals surface area contributed by atoms with E-state index in [1.165, 1.54) is 5.56 Å². The Morgan fingerprint density at radius 2 is 1.62 bits per heavy atom. The highest BCUT2D eigenvalue weighted by atomic mass is 35.5. The van der Waals surface area contributed by atoms with Crippen molar-refractivity contribution >= 4 is 17.5 Å².